The van der Waals surface area contributed by atoms with E-state index in [9.17, 15) is 9.59 Å². The number of rotatable bonds is 2. The van der Waals surface area contributed by atoms with Crippen LogP contribution in [0.25, 0.3) is 0 Å². The average Bonchev–Trinajstić information content (AvgIpc) is 3.19. The minimum atomic E-state index is -0.957. The van der Waals surface area contributed by atoms with Gasteiger partial charge in [0.2, 0.25) is 0 Å². The van der Waals surface area contributed by atoms with Crippen molar-refractivity contribution in [2.75, 3.05) is 29.1 Å². The van der Waals surface area contributed by atoms with Gasteiger partial charge in [0, 0.05) is 30.1 Å². The number of anilines is 2. The summed E-state index contributed by atoms with van der Waals surface area (Å²) in [7, 11) is 0. The van der Waals surface area contributed by atoms with Crippen molar-refractivity contribution < 1.29 is 9.59 Å². The van der Waals surface area contributed by atoms with Gasteiger partial charge >= 0.3 is 6.03 Å². The summed E-state index contributed by atoms with van der Waals surface area (Å²) in [5.74, 6) is 0.710. The van der Waals surface area contributed by atoms with Crippen LogP contribution >= 0.6 is 11.8 Å². The van der Waals surface area contributed by atoms with Gasteiger partial charge in [-0.25, -0.2) is 4.79 Å². The Morgan fingerprint density at radius 2 is 1.92 bits per heavy atom. The number of amides is 3. The van der Waals surface area contributed by atoms with Crippen LogP contribution in [0.4, 0.5) is 16.2 Å². The largest absolute Gasteiger partial charge is 0.323 e. The van der Waals surface area contributed by atoms with E-state index < -0.39 is 4.87 Å². The van der Waals surface area contributed by atoms with Gasteiger partial charge in [-0.1, -0.05) is 35.9 Å². The van der Waals surface area contributed by atoms with Crippen molar-refractivity contribution >= 4 is 35.1 Å². The molecule has 2 aromatic rings. The van der Waals surface area contributed by atoms with Crippen LogP contribution in [-0.4, -0.2) is 35.7 Å². The van der Waals surface area contributed by atoms with Crippen molar-refractivity contribution in [2.45, 2.75) is 18.7 Å². The fraction of sp³-hybridized carbons (Fsp3) is 0.300. The Bertz CT molecular complexity index is 868. The summed E-state index contributed by atoms with van der Waals surface area (Å²) in [4.78, 5) is 28.9. The van der Waals surface area contributed by atoms with Crippen LogP contribution in [0.5, 0.6) is 0 Å². The van der Waals surface area contributed by atoms with Crippen LogP contribution in [0.1, 0.15) is 18.1 Å². The van der Waals surface area contributed by atoms with Gasteiger partial charge in [-0.05, 0) is 32.0 Å². The zero-order chi connectivity index (χ0) is 18.3. The molecule has 1 atom stereocenters. The van der Waals surface area contributed by atoms with Crippen LogP contribution in [0, 0.1) is 6.92 Å². The normalized spacial score (nSPS) is 21.4. The number of likely N-dealkylation sites (N-methyl/N-ethyl adjacent to an activating group) is 1. The SMILES string of the molecule is CCN1C(=O)[C@@]2(SCCN2C(=O)Nc2ccc(C)cc2)c2ccccc21. The highest BCUT2D eigenvalue weighted by Crippen LogP contribution is 2.53. The first-order valence-electron chi connectivity index (χ1n) is 8.78. The maximum atomic E-state index is 13.3. The van der Waals surface area contributed by atoms with Crippen molar-refractivity contribution in [1.82, 2.24) is 4.90 Å². The molecule has 0 radical (unpaired) electrons. The molecule has 2 aliphatic rings. The molecule has 0 saturated carbocycles. The molecule has 0 aliphatic carbocycles. The van der Waals surface area contributed by atoms with E-state index in [0.717, 1.165) is 28.3 Å². The zero-order valence-electron chi connectivity index (χ0n) is 14.9. The van der Waals surface area contributed by atoms with Crippen molar-refractivity contribution in [3.63, 3.8) is 0 Å². The monoisotopic (exact) mass is 367 g/mol. The molecule has 26 heavy (non-hydrogen) atoms. The molecule has 1 spiro atoms. The summed E-state index contributed by atoms with van der Waals surface area (Å²) in [6.45, 7) is 5.10. The van der Waals surface area contributed by atoms with Gasteiger partial charge in [0.1, 0.15) is 0 Å². The summed E-state index contributed by atoms with van der Waals surface area (Å²) in [5.41, 5.74) is 3.68. The Morgan fingerprint density at radius 1 is 1.19 bits per heavy atom. The number of nitrogens with one attached hydrogen (secondary N) is 1. The third-order valence-electron chi connectivity index (χ3n) is 4.97. The maximum absolute atomic E-state index is 13.3. The topological polar surface area (TPSA) is 52.7 Å². The molecule has 134 valence electrons. The number of urea groups is 1. The van der Waals surface area contributed by atoms with Gasteiger partial charge in [-0.3, -0.25) is 9.69 Å². The molecular formula is C20H21N3O2S. The summed E-state index contributed by atoms with van der Waals surface area (Å²) >= 11 is 1.55. The smallest absolute Gasteiger partial charge is 0.309 e. The molecule has 5 nitrogen and oxygen atoms in total. The summed E-state index contributed by atoms with van der Waals surface area (Å²) in [6, 6.07) is 15.2. The second kappa shape index (κ2) is 6.36. The summed E-state index contributed by atoms with van der Waals surface area (Å²) in [6.07, 6.45) is 0. The minimum Gasteiger partial charge on any atom is -0.309 e. The third kappa shape index (κ3) is 2.40. The van der Waals surface area contributed by atoms with Gasteiger partial charge < -0.3 is 10.2 Å². The van der Waals surface area contributed by atoms with E-state index in [2.05, 4.69) is 5.32 Å². The predicted molar refractivity (Wildman–Crippen MR) is 106 cm³/mol. The second-order valence-corrected chi connectivity index (χ2v) is 7.79. The van der Waals surface area contributed by atoms with E-state index in [4.69, 9.17) is 0 Å². The van der Waals surface area contributed by atoms with Crippen molar-refractivity contribution in [3.8, 4) is 0 Å². The van der Waals surface area contributed by atoms with Crippen LogP contribution in [-0.2, 0) is 9.67 Å². The molecular weight excluding hydrogens is 346 g/mol. The predicted octanol–water partition coefficient (Wildman–Crippen LogP) is 3.80. The number of nitrogens with zero attached hydrogens (tertiary/aromatic N) is 2. The second-order valence-electron chi connectivity index (χ2n) is 6.51. The van der Waals surface area contributed by atoms with Crippen LogP contribution in [0.3, 0.4) is 0 Å². The zero-order valence-corrected chi connectivity index (χ0v) is 15.7. The molecule has 1 saturated heterocycles. The molecule has 1 fully saturated rings. The first-order valence-corrected chi connectivity index (χ1v) is 9.77. The average molecular weight is 367 g/mol. The number of fused-ring (bicyclic) bond motifs is 2. The van der Waals surface area contributed by atoms with Crippen molar-refractivity contribution in [1.29, 1.82) is 0 Å². The Hall–Kier alpha value is -2.47. The molecule has 0 bridgehead atoms. The number of carbonyl (C=O) groups excluding carboxylic acids is 2. The van der Waals surface area contributed by atoms with E-state index in [0.29, 0.717) is 13.1 Å². The van der Waals surface area contributed by atoms with E-state index in [-0.39, 0.29) is 11.9 Å². The van der Waals surface area contributed by atoms with Gasteiger partial charge in [0.25, 0.3) is 5.91 Å². The first-order chi connectivity index (χ1) is 12.6. The van der Waals surface area contributed by atoms with E-state index >= 15 is 0 Å². The molecule has 3 amide bonds. The number of hydrogen-bond acceptors (Lipinski definition) is 3. The van der Waals surface area contributed by atoms with E-state index in [1.165, 1.54) is 0 Å². The molecule has 0 aromatic heterocycles. The lowest BCUT2D eigenvalue weighted by Crippen LogP contribution is -2.51. The van der Waals surface area contributed by atoms with Crippen molar-refractivity contribution in [2.24, 2.45) is 0 Å². The molecule has 2 aromatic carbocycles. The van der Waals surface area contributed by atoms with Gasteiger partial charge in [0.15, 0.2) is 4.87 Å². The third-order valence-corrected chi connectivity index (χ3v) is 6.38. The number of thioether (sulfide) groups is 1. The van der Waals surface area contributed by atoms with Crippen LogP contribution in [0.15, 0.2) is 48.5 Å². The highest BCUT2D eigenvalue weighted by atomic mass is 32.2. The molecule has 2 aliphatic heterocycles. The fourth-order valence-electron chi connectivity index (χ4n) is 3.71. The molecule has 0 unspecified atom stereocenters. The number of carbonyl (C=O) groups is 2. The van der Waals surface area contributed by atoms with Gasteiger partial charge in [-0.2, -0.15) is 0 Å². The number of hydrogen-bond donors (Lipinski definition) is 1. The number of benzene rings is 2. The number of aryl methyl sites for hydroxylation is 1. The highest BCUT2D eigenvalue weighted by Gasteiger charge is 2.59. The molecule has 2 heterocycles. The highest BCUT2D eigenvalue weighted by molar-refractivity contribution is 8.01. The Labute approximate surface area is 157 Å². The standard InChI is InChI=1S/C20H21N3O2S/c1-3-22-17-7-5-4-6-16(17)20(18(22)24)23(12-13-26-20)19(25)21-15-10-8-14(2)9-11-15/h4-11H,3,12-13H2,1-2H3,(H,21,25)/t20-/m0/s1. The maximum Gasteiger partial charge on any atom is 0.323 e. The molecule has 6 heteroatoms. The lowest BCUT2D eigenvalue weighted by atomic mass is 10.1. The lowest BCUT2D eigenvalue weighted by molar-refractivity contribution is -0.123. The van der Waals surface area contributed by atoms with E-state index in [1.54, 1.807) is 21.6 Å². The quantitative estimate of drug-likeness (QED) is 0.878. The molecule has 1 N–H and O–H groups in total. The lowest BCUT2D eigenvalue weighted by Gasteiger charge is -2.33. The summed E-state index contributed by atoms with van der Waals surface area (Å²) in [5, 5.41) is 2.95. The van der Waals surface area contributed by atoms with Crippen molar-refractivity contribution in [3.05, 3.63) is 59.7 Å². The van der Waals surface area contributed by atoms with Gasteiger partial charge in [-0.15, -0.1) is 11.8 Å². The minimum absolute atomic E-state index is 0.0252. The fourth-order valence-corrected chi connectivity index (χ4v) is 5.17. The number of para-hydroxylation sites is 1. The Kier molecular flexibility index (Phi) is 4.15. The van der Waals surface area contributed by atoms with Crippen LogP contribution < -0.4 is 10.2 Å². The summed E-state index contributed by atoms with van der Waals surface area (Å²) < 4.78 is 0. The van der Waals surface area contributed by atoms with Gasteiger partial charge in [0.05, 0.1) is 5.69 Å². The molecule has 4 rings (SSSR count). The van der Waals surface area contributed by atoms with E-state index in [1.807, 2.05) is 62.4 Å². The Morgan fingerprint density at radius 3 is 2.65 bits per heavy atom. The first kappa shape index (κ1) is 17.0. The Balaban J connectivity index is 1.70. The van der Waals surface area contributed by atoms with Crippen LogP contribution in [0.2, 0.25) is 0 Å².